The van der Waals surface area contributed by atoms with Crippen LogP contribution in [0.25, 0.3) is 22.1 Å². The Morgan fingerprint density at radius 1 is 1.03 bits per heavy atom. The van der Waals surface area contributed by atoms with Crippen molar-refractivity contribution in [1.29, 1.82) is 0 Å². The average Bonchev–Trinajstić information content (AvgIpc) is 2.83. The van der Waals surface area contributed by atoms with Crippen LogP contribution in [-0.4, -0.2) is 18.2 Å². The molecule has 3 aromatic carbocycles. The predicted octanol–water partition coefficient (Wildman–Crippen LogP) is 5.74. The third-order valence-corrected chi connectivity index (χ3v) is 6.38. The number of rotatable bonds is 4. The number of hydrogen-bond acceptors (Lipinski definition) is 6. The van der Waals surface area contributed by atoms with Crippen LogP contribution in [0.15, 0.2) is 70.1 Å². The van der Waals surface area contributed by atoms with Crippen molar-refractivity contribution in [2.75, 3.05) is 7.11 Å². The molecule has 0 bridgehead atoms. The third-order valence-electron chi connectivity index (χ3n) is 6.38. The minimum Gasteiger partial charge on any atom is -0.507 e. The number of aromatic hydroxyl groups is 1. The first-order valence-electron chi connectivity index (χ1n) is 11.1. The van der Waals surface area contributed by atoms with E-state index in [0.29, 0.717) is 28.4 Å². The Balaban J connectivity index is 1.70. The summed E-state index contributed by atoms with van der Waals surface area (Å²) in [5, 5.41) is 10.8. The highest BCUT2D eigenvalue weighted by atomic mass is 16.5. The number of hydrogen-bond donors (Lipinski definition) is 1. The van der Waals surface area contributed by atoms with E-state index in [2.05, 4.69) is 13.8 Å². The van der Waals surface area contributed by atoms with Crippen LogP contribution < -0.4 is 14.9 Å². The standard InChI is InChI=1S/C28H24O6/c1-15(2)16-4-6-17(7-5-16)20-12-24(30)34-23-13-22(29)26-27(31)21(14-33-28(26)25(20)23)18-8-10-19(32-3)11-9-18/h4-11,13-15,20,29H,12H2,1-3H3/t20-/m1/s1. The number of ether oxygens (including phenoxy) is 2. The fourth-order valence-corrected chi connectivity index (χ4v) is 4.50. The van der Waals surface area contributed by atoms with E-state index in [-0.39, 0.29) is 40.2 Å². The van der Waals surface area contributed by atoms with Crippen molar-refractivity contribution in [2.45, 2.75) is 32.1 Å². The lowest BCUT2D eigenvalue weighted by molar-refractivity contribution is -0.135. The van der Waals surface area contributed by atoms with Crippen LogP contribution in [0, 0.1) is 0 Å². The van der Waals surface area contributed by atoms with Crippen LogP contribution in [0.2, 0.25) is 0 Å². The molecule has 4 aromatic rings. The highest BCUT2D eigenvalue weighted by molar-refractivity contribution is 5.94. The molecule has 0 amide bonds. The van der Waals surface area contributed by atoms with Gasteiger partial charge in [-0.05, 0) is 34.7 Å². The maximum Gasteiger partial charge on any atom is 0.312 e. The van der Waals surface area contributed by atoms with Gasteiger partial charge in [-0.3, -0.25) is 9.59 Å². The minimum atomic E-state index is -0.401. The number of benzene rings is 3. The SMILES string of the molecule is COc1ccc(-c2coc3c4c(cc(O)c3c2=O)OC(=O)C[C@@H]4c2ccc(C(C)C)cc2)cc1. The number of phenolic OH excluding ortho intramolecular Hbond substituents is 1. The van der Waals surface area contributed by atoms with Crippen molar-refractivity contribution < 1.29 is 23.8 Å². The number of esters is 1. The van der Waals surface area contributed by atoms with E-state index in [1.54, 1.807) is 31.4 Å². The van der Waals surface area contributed by atoms with Gasteiger partial charge in [0, 0.05) is 17.5 Å². The van der Waals surface area contributed by atoms with Crippen LogP contribution in [0.1, 0.15) is 48.8 Å². The summed E-state index contributed by atoms with van der Waals surface area (Å²) in [6, 6.07) is 16.4. The van der Waals surface area contributed by atoms with Crippen molar-refractivity contribution in [2.24, 2.45) is 0 Å². The molecule has 0 aliphatic carbocycles. The molecule has 172 valence electrons. The molecule has 5 rings (SSSR count). The molecule has 0 saturated carbocycles. The molecule has 1 aliphatic rings. The van der Waals surface area contributed by atoms with Gasteiger partial charge in [0.2, 0.25) is 5.43 Å². The highest BCUT2D eigenvalue weighted by Gasteiger charge is 2.33. The van der Waals surface area contributed by atoms with E-state index >= 15 is 0 Å². The first-order chi connectivity index (χ1) is 16.4. The Morgan fingerprint density at radius 2 is 1.74 bits per heavy atom. The maximum absolute atomic E-state index is 13.5. The van der Waals surface area contributed by atoms with Crippen molar-refractivity contribution in [3.8, 4) is 28.4 Å². The number of phenols is 1. The lowest BCUT2D eigenvalue weighted by Crippen LogP contribution is -2.22. The lowest BCUT2D eigenvalue weighted by atomic mass is 9.84. The van der Waals surface area contributed by atoms with Gasteiger partial charge in [0.1, 0.15) is 34.5 Å². The highest BCUT2D eigenvalue weighted by Crippen LogP contribution is 2.45. The first kappa shape index (κ1) is 21.8. The first-order valence-corrected chi connectivity index (χ1v) is 11.1. The van der Waals surface area contributed by atoms with Gasteiger partial charge in [0.15, 0.2) is 0 Å². The topological polar surface area (TPSA) is 86.0 Å². The molecule has 1 N–H and O–H groups in total. The molecule has 0 saturated heterocycles. The zero-order valence-electron chi connectivity index (χ0n) is 19.1. The van der Waals surface area contributed by atoms with Gasteiger partial charge in [-0.25, -0.2) is 0 Å². The van der Waals surface area contributed by atoms with E-state index in [4.69, 9.17) is 13.9 Å². The molecule has 1 atom stereocenters. The van der Waals surface area contributed by atoms with Gasteiger partial charge in [-0.1, -0.05) is 50.2 Å². The Labute approximate surface area is 196 Å². The van der Waals surface area contributed by atoms with Crippen LogP contribution in [-0.2, 0) is 4.79 Å². The second-order valence-electron chi connectivity index (χ2n) is 8.77. The molecule has 1 aliphatic heterocycles. The molecule has 6 heteroatoms. The van der Waals surface area contributed by atoms with E-state index in [9.17, 15) is 14.7 Å². The molecule has 34 heavy (non-hydrogen) atoms. The van der Waals surface area contributed by atoms with E-state index in [1.807, 2.05) is 24.3 Å². The molecule has 0 unspecified atom stereocenters. The average molecular weight is 456 g/mol. The Bertz CT molecular complexity index is 1450. The quantitative estimate of drug-likeness (QED) is 0.311. The minimum absolute atomic E-state index is 0.0637. The molecule has 2 heterocycles. The molecular weight excluding hydrogens is 432 g/mol. The summed E-state index contributed by atoms with van der Waals surface area (Å²) in [5.74, 6) is 0.196. The maximum atomic E-state index is 13.5. The molecule has 0 spiro atoms. The summed E-state index contributed by atoms with van der Waals surface area (Å²) in [6.45, 7) is 4.24. The lowest BCUT2D eigenvalue weighted by Gasteiger charge is -2.26. The summed E-state index contributed by atoms with van der Waals surface area (Å²) >= 11 is 0. The second-order valence-corrected chi connectivity index (χ2v) is 8.77. The number of methoxy groups -OCH3 is 1. The largest absolute Gasteiger partial charge is 0.507 e. The summed E-state index contributed by atoms with van der Waals surface area (Å²) in [6.07, 6.45) is 1.50. The zero-order chi connectivity index (χ0) is 24.0. The zero-order valence-corrected chi connectivity index (χ0v) is 19.1. The van der Waals surface area contributed by atoms with Gasteiger partial charge < -0.3 is 19.0 Å². The Kier molecular flexibility index (Phi) is 5.36. The van der Waals surface area contributed by atoms with Crippen LogP contribution in [0.5, 0.6) is 17.2 Å². The fraction of sp³-hybridized carbons (Fsp3) is 0.214. The monoisotopic (exact) mass is 456 g/mol. The van der Waals surface area contributed by atoms with E-state index in [1.165, 1.54) is 17.9 Å². The summed E-state index contributed by atoms with van der Waals surface area (Å²) < 4.78 is 16.6. The molecule has 0 fully saturated rings. The molecule has 0 radical (unpaired) electrons. The van der Waals surface area contributed by atoms with Gasteiger partial charge in [0.25, 0.3) is 0 Å². The number of carbonyl (C=O) groups excluding carboxylic acids is 1. The molecular formula is C28H24O6. The number of fused-ring (bicyclic) bond motifs is 3. The summed E-state index contributed by atoms with van der Waals surface area (Å²) in [5.41, 5.74) is 3.50. The Hall–Kier alpha value is -4.06. The van der Waals surface area contributed by atoms with Gasteiger partial charge in [0.05, 0.1) is 19.1 Å². The summed E-state index contributed by atoms with van der Waals surface area (Å²) in [4.78, 5) is 25.8. The van der Waals surface area contributed by atoms with Crippen LogP contribution in [0.4, 0.5) is 0 Å². The van der Waals surface area contributed by atoms with Crippen molar-refractivity contribution in [1.82, 2.24) is 0 Å². The van der Waals surface area contributed by atoms with E-state index in [0.717, 1.165) is 5.56 Å². The van der Waals surface area contributed by atoms with Gasteiger partial charge in [-0.2, -0.15) is 0 Å². The van der Waals surface area contributed by atoms with Crippen molar-refractivity contribution >= 4 is 16.9 Å². The normalized spacial score (nSPS) is 15.3. The van der Waals surface area contributed by atoms with Crippen LogP contribution in [0.3, 0.4) is 0 Å². The molecule has 6 nitrogen and oxygen atoms in total. The van der Waals surface area contributed by atoms with E-state index < -0.39 is 5.97 Å². The van der Waals surface area contributed by atoms with Gasteiger partial charge >= 0.3 is 5.97 Å². The van der Waals surface area contributed by atoms with Crippen LogP contribution >= 0.6 is 0 Å². The van der Waals surface area contributed by atoms with Crippen molar-refractivity contribution in [3.63, 3.8) is 0 Å². The fourth-order valence-electron chi connectivity index (χ4n) is 4.50. The summed E-state index contributed by atoms with van der Waals surface area (Å²) in [7, 11) is 1.57. The molecule has 1 aromatic heterocycles. The Morgan fingerprint density at radius 3 is 2.38 bits per heavy atom. The number of carbonyl (C=O) groups is 1. The predicted molar refractivity (Wildman–Crippen MR) is 129 cm³/mol. The second kappa shape index (κ2) is 8.37. The van der Waals surface area contributed by atoms with Crippen molar-refractivity contribution in [3.05, 3.63) is 87.8 Å². The third kappa shape index (κ3) is 3.61. The smallest absolute Gasteiger partial charge is 0.312 e. The van der Waals surface area contributed by atoms with Gasteiger partial charge in [-0.15, -0.1) is 0 Å².